The smallest absolute Gasteiger partial charge is 0.313 e. The van der Waals surface area contributed by atoms with E-state index < -0.39 is 17.9 Å². The molecule has 1 atom stereocenters. The van der Waals surface area contributed by atoms with Crippen LogP contribution in [-0.2, 0) is 9.59 Å². The van der Waals surface area contributed by atoms with E-state index >= 15 is 0 Å². The van der Waals surface area contributed by atoms with Crippen molar-refractivity contribution in [2.45, 2.75) is 46.6 Å². The second-order valence-corrected chi connectivity index (χ2v) is 5.38. The monoisotopic (exact) mass is 292 g/mol. The maximum absolute atomic E-state index is 11.9. The summed E-state index contributed by atoms with van der Waals surface area (Å²) in [5, 5.41) is 14.6. The lowest BCUT2D eigenvalue weighted by Crippen LogP contribution is -2.39. The van der Waals surface area contributed by atoms with E-state index in [0.29, 0.717) is 12.1 Å². The summed E-state index contributed by atoms with van der Waals surface area (Å²) in [5.74, 6) is -1.45. The molecule has 0 radical (unpaired) electrons. The van der Waals surface area contributed by atoms with Crippen LogP contribution in [-0.4, -0.2) is 29.6 Å². The molecule has 0 saturated carbocycles. The van der Waals surface area contributed by atoms with Crippen LogP contribution in [0.3, 0.4) is 0 Å². The molecule has 0 spiro atoms. The Bertz CT molecular complexity index is 503. The van der Waals surface area contributed by atoms with Crippen molar-refractivity contribution >= 4 is 17.5 Å². The van der Waals surface area contributed by atoms with Crippen molar-refractivity contribution in [3.05, 3.63) is 28.8 Å². The molecule has 0 aliphatic rings. The molecule has 0 aliphatic carbocycles. The number of aliphatic hydroxyl groups is 1. The minimum absolute atomic E-state index is 0.0892. The molecule has 1 unspecified atom stereocenters. The number of hydrogen-bond acceptors (Lipinski definition) is 3. The lowest BCUT2D eigenvalue weighted by molar-refractivity contribution is -0.136. The number of anilines is 1. The lowest BCUT2D eigenvalue weighted by Gasteiger charge is -2.14. The number of nitrogens with one attached hydrogen (secondary N) is 2. The molecule has 21 heavy (non-hydrogen) atoms. The van der Waals surface area contributed by atoms with Crippen molar-refractivity contribution in [2.75, 3.05) is 11.9 Å². The Morgan fingerprint density at radius 3 is 2.24 bits per heavy atom. The van der Waals surface area contributed by atoms with Crippen molar-refractivity contribution in [1.82, 2.24) is 5.32 Å². The molecular formula is C16H24N2O3. The Kier molecular flexibility index (Phi) is 6.37. The molecule has 116 valence electrons. The summed E-state index contributed by atoms with van der Waals surface area (Å²) in [5.41, 5.74) is 3.60. The number of benzene rings is 1. The maximum Gasteiger partial charge on any atom is 0.313 e. The summed E-state index contributed by atoms with van der Waals surface area (Å²) in [4.78, 5) is 23.6. The summed E-state index contributed by atoms with van der Waals surface area (Å²) in [6.45, 7) is 7.79. The van der Waals surface area contributed by atoms with E-state index in [0.717, 1.165) is 23.1 Å². The van der Waals surface area contributed by atoms with Gasteiger partial charge in [0, 0.05) is 12.2 Å². The molecule has 1 rings (SSSR count). The van der Waals surface area contributed by atoms with Crippen LogP contribution in [0.4, 0.5) is 5.69 Å². The van der Waals surface area contributed by atoms with Crippen molar-refractivity contribution in [2.24, 2.45) is 0 Å². The Morgan fingerprint density at radius 1 is 1.14 bits per heavy atom. The van der Waals surface area contributed by atoms with E-state index in [1.807, 2.05) is 39.8 Å². The van der Waals surface area contributed by atoms with Crippen LogP contribution in [0, 0.1) is 20.8 Å². The first kappa shape index (κ1) is 17.2. The molecule has 0 bridgehead atoms. The van der Waals surface area contributed by atoms with Crippen LogP contribution in [0.5, 0.6) is 0 Å². The van der Waals surface area contributed by atoms with Gasteiger partial charge in [0.25, 0.3) is 0 Å². The third-order valence-electron chi connectivity index (χ3n) is 3.24. The van der Waals surface area contributed by atoms with E-state index in [4.69, 9.17) is 0 Å². The van der Waals surface area contributed by atoms with E-state index in [-0.39, 0.29) is 6.54 Å². The van der Waals surface area contributed by atoms with Gasteiger partial charge in [-0.1, -0.05) is 31.0 Å². The molecule has 5 heteroatoms. The largest absolute Gasteiger partial charge is 0.391 e. The number of amides is 2. The highest BCUT2D eigenvalue weighted by molar-refractivity contribution is 6.39. The maximum atomic E-state index is 11.9. The van der Waals surface area contributed by atoms with Crippen molar-refractivity contribution in [3.8, 4) is 0 Å². The van der Waals surface area contributed by atoms with E-state index in [9.17, 15) is 14.7 Å². The van der Waals surface area contributed by atoms with Gasteiger partial charge in [0.2, 0.25) is 0 Å². The van der Waals surface area contributed by atoms with Gasteiger partial charge in [-0.2, -0.15) is 0 Å². The lowest BCUT2D eigenvalue weighted by atomic mass is 10.1. The van der Waals surface area contributed by atoms with Gasteiger partial charge in [0.15, 0.2) is 0 Å². The summed E-state index contributed by atoms with van der Waals surface area (Å²) in [7, 11) is 0. The molecular weight excluding hydrogens is 268 g/mol. The van der Waals surface area contributed by atoms with E-state index in [1.54, 1.807) is 0 Å². The van der Waals surface area contributed by atoms with Crippen LogP contribution < -0.4 is 10.6 Å². The molecule has 0 aromatic heterocycles. The summed E-state index contributed by atoms with van der Waals surface area (Å²) >= 11 is 0. The first-order valence-corrected chi connectivity index (χ1v) is 7.20. The van der Waals surface area contributed by atoms with Crippen LogP contribution >= 0.6 is 0 Å². The number of carbonyl (C=O) groups excluding carboxylic acids is 2. The third-order valence-corrected chi connectivity index (χ3v) is 3.24. The number of hydrogen-bond donors (Lipinski definition) is 3. The highest BCUT2D eigenvalue weighted by Gasteiger charge is 2.16. The summed E-state index contributed by atoms with van der Waals surface area (Å²) < 4.78 is 0. The molecule has 5 nitrogen and oxygen atoms in total. The first-order chi connectivity index (χ1) is 9.85. The van der Waals surface area contributed by atoms with Crippen LogP contribution in [0.25, 0.3) is 0 Å². The fourth-order valence-electron chi connectivity index (χ4n) is 2.27. The minimum atomic E-state index is -0.732. The third kappa shape index (κ3) is 5.19. The zero-order chi connectivity index (χ0) is 16.0. The fourth-order valence-corrected chi connectivity index (χ4v) is 2.27. The standard InChI is InChI=1S/C16H24N2O3/c1-5-6-13(19)9-17-15(20)16(21)18-14-11(3)7-10(2)8-12(14)4/h7-8,13,19H,5-6,9H2,1-4H3,(H,17,20)(H,18,21). The van der Waals surface area contributed by atoms with Gasteiger partial charge in [-0.15, -0.1) is 0 Å². The van der Waals surface area contributed by atoms with Gasteiger partial charge in [-0.3, -0.25) is 9.59 Å². The van der Waals surface area contributed by atoms with E-state index in [2.05, 4.69) is 10.6 Å². The average Bonchev–Trinajstić information content (AvgIpc) is 2.40. The fraction of sp³-hybridized carbons (Fsp3) is 0.500. The van der Waals surface area contributed by atoms with Gasteiger partial charge >= 0.3 is 11.8 Å². The van der Waals surface area contributed by atoms with Crippen molar-refractivity contribution < 1.29 is 14.7 Å². The predicted molar refractivity (Wildman–Crippen MR) is 83.2 cm³/mol. The van der Waals surface area contributed by atoms with Crippen LogP contribution in [0.15, 0.2) is 12.1 Å². The number of carbonyl (C=O) groups is 2. The predicted octanol–water partition coefficient (Wildman–Crippen LogP) is 1.83. The SMILES string of the molecule is CCCC(O)CNC(=O)C(=O)Nc1c(C)cc(C)cc1C. The summed E-state index contributed by atoms with van der Waals surface area (Å²) in [6, 6.07) is 3.90. The molecule has 0 saturated heterocycles. The quantitative estimate of drug-likeness (QED) is 0.724. The molecule has 2 amide bonds. The molecule has 0 aliphatic heterocycles. The van der Waals surface area contributed by atoms with Gasteiger partial charge < -0.3 is 15.7 Å². The van der Waals surface area contributed by atoms with Crippen LogP contribution in [0.2, 0.25) is 0 Å². The minimum Gasteiger partial charge on any atom is -0.391 e. The number of rotatable bonds is 5. The highest BCUT2D eigenvalue weighted by atomic mass is 16.3. The van der Waals surface area contributed by atoms with Gasteiger partial charge in [0.1, 0.15) is 0 Å². The Morgan fingerprint density at radius 2 is 1.71 bits per heavy atom. The summed E-state index contributed by atoms with van der Waals surface area (Å²) in [6.07, 6.45) is 0.804. The van der Waals surface area contributed by atoms with Crippen LogP contribution in [0.1, 0.15) is 36.5 Å². The van der Waals surface area contributed by atoms with Crippen molar-refractivity contribution in [1.29, 1.82) is 0 Å². The normalized spacial score (nSPS) is 11.9. The Balaban J connectivity index is 2.63. The van der Waals surface area contributed by atoms with Gasteiger partial charge in [0.05, 0.1) is 6.10 Å². The average molecular weight is 292 g/mol. The highest BCUT2D eigenvalue weighted by Crippen LogP contribution is 2.21. The number of aryl methyl sites for hydroxylation is 3. The van der Waals surface area contributed by atoms with Crippen molar-refractivity contribution in [3.63, 3.8) is 0 Å². The Labute approximate surface area is 125 Å². The molecule has 3 N–H and O–H groups in total. The molecule has 0 fully saturated rings. The number of aliphatic hydroxyl groups excluding tert-OH is 1. The zero-order valence-electron chi connectivity index (χ0n) is 13.1. The molecule has 1 aromatic rings. The van der Waals surface area contributed by atoms with Gasteiger partial charge in [-0.25, -0.2) is 0 Å². The first-order valence-electron chi connectivity index (χ1n) is 7.20. The zero-order valence-corrected chi connectivity index (χ0v) is 13.1. The van der Waals surface area contributed by atoms with Gasteiger partial charge in [-0.05, 0) is 38.3 Å². The van der Waals surface area contributed by atoms with E-state index in [1.165, 1.54) is 0 Å². The topological polar surface area (TPSA) is 78.4 Å². The second kappa shape index (κ2) is 7.78. The molecule has 0 heterocycles. The Hall–Kier alpha value is -1.88. The second-order valence-electron chi connectivity index (χ2n) is 5.38. The molecule has 1 aromatic carbocycles.